The number of benzene rings is 1. The molecule has 0 aliphatic carbocycles. The lowest BCUT2D eigenvalue weighted by Crippen LogP contribution is -2.31. The number of rotatable bonds is 6. The van der Waals surface area contributed by atoms with Crippen molar-refractivity contribution in [3.05, 3.63) is 24.3 Å². The summed E-state index contributed by atoms with van der Waals surface area (Å²) in [6.45, 7) is 2.73. The Bertz CT molecular complexity index is 681. The zero-order valence-electron chi connectivity index (χ0n) is 13.5. The van der Waals surface area contributed by atoms with Crippen LogP contribution in [-0.2, 0) is 4.74 Å². The number of imidazole rings is 1. The van der Waals surface area contributed by atoms with Crippen LogP contribution in [0.5, 0.6) is 0 Å². The molecule has 0 spiro atoms. The first-order chi connectivity index (χ1) is 11.2. The Labute approximate surface area is 135 Å². The van der Waals surface area contributed by atoms with Crippen molar-refractivity contribution in [1.82, 2.24) is 14.9 Å². The second kappa shape index (κ2) is 8.17. The number of para-hydroxylation sites is 2. The van der Waals surface area contributed by atoms with Crippen LogP contribution in [0.1, 0.15) is 32.6 Å². The van der Waals surface area contributed by atoms with Crippen LogP contribution in [0.4, 0.5) is 15.5 Å². The van der Waals surface area contributed by atoms with Crippen LogP contribution in [0, 0.1) is 0 Å². The molecule has 1 aromatic heterocycles. The van der Waals surface area contributed by atoms with Crippen molar-refractivity contribution < 1.29 is 14.3 Å². The third-order valence-electron chi connectivity index (χ3n) is 3.47. The second-order valence-electron chi connectivity index (χ2n) is 5.17. The molecule has 7 heteroatoms. The molecule has 2 aromatic rings. The van der Waals surface area contributed by atoms with Crippen LogP contribution >= 0.6 is 0 Å². The van der Waals surface area contributed by atoms with Crippen LogP contribution in [0.15, 0.2) is 24.3 Å². The number of hydrogen-bond donors (Lipinski definition) is 2. The first-order valence-electron chi connectivity index (χ1n) is 7.78. The Balaban J connectivity index is 2.17. The van der Waals surface area contributed by atoms with Crippen molar-refractivity contribution in [2.75, 3.05) is 19.0 Å². The fraction of sp³-hybridized carbons (Fsp3) is 0.438. The molecule has 0 atom stereocenters. The summed E-state index contributed by atoms with van der Waals surface area (Å²) in [4.78, 5) is 28.2. The van der Waals surface area contributed by atoms with Gasteiger partial charge in [0.05, 0.1) is 18.1 Å². The van der Waals surface area contributed by atoms with Crippen LogP contribution in [0.2, 0.25) is 0 Å². The van der Waals surface area contributed by atoms with E-state index in [0.717, 1.165) is 25.7 Å². The van der Waals surface area contributed by atoms with Crippen molar-refractivity contribution in [1.29, 1.82) is 0 Å². The number of nitrogens with one attached hydrogen (secondary N) is 2. The maximum Gasteiger partial charge on any atom is 0.413 e. The monoisotopic (exact) mass is 318 g/mol. The SMILES string of the molecule is CCCCCCNC(=O)n1c(NC(=O)OC)nc2ccccc21. The second-order valence-corrected chi connectivity index (χ2v) is 5.17. The van der Waals surface area contributed by atoms with Gasteiger partial charge in [-0.3, -0.25) is 5.32 Å². The number of nitrogens with zero attached hydrogens (tertiary/aromatic N) is 2. The quantitative estimate of drug-likeness (QED) is 0.800. The topological polar surface area (TPSA) is 85.2 Å². The smallest absolute Gasteiger partial charge is 0.413 e. The number of methoxy groups -OCH3 is 1. The Morgan fingerprint density at radius 3 is 2.74 bits per heavy atom. The molecule has 2 N–H and O–H groups in total. The van der Waals surface area contributed by atoms with E-state index in [1.807, 2.05) is 12.1 Å². The molecule has 124 valence electrons. The molecule has 2 rings (SSSR count). The number of amides is 2. The zero-order chi connectivity index (χ0) is 16.7. The molecule has 2 amide bonds. The summed E-state index contributed by atoms with van der Waals surface area (Å²) in [5, 5.41) is 5.33. The predicted molar refractivity (Wildman–Crippen MR) is 88.7 cm³/mol. The van der Waals surface area contributed by atoms with Crippen LogP contribution in [0.25, 0.3) is 11.0 Å². The van der Waals surface area contributed by atoms with Gasteiger partial charge in [0.1, 0.15) is 0 Å². The highest BCUT2D eigenvalue weighted by Gasteiger charge is 2.18. The predicted octanol–water partition coefficient (Wildman–Crippen LogP) is 3.35. The van der Waals surface area contributed by atoms with Gasteiger partial charge in [-0.05, 0) is 18.6 Å². The lowest BCUT2D eigenvalue weighted by molar-refractivity contribution is 0.186. The summed E-state index contributed by atoms with van der Waals surface area (Å²) < 4.78 is 5.93. The van der Waals surface area contributed by atoms with Crippen molar-refractivity contribution in [2.24, 2.45) is 0 Å². The highest BCUT2D eigenvalue weighted by molar-refractivity contribution is 5.96. The molecule has 0 saturated carbocycles. The van der Waals surface area contributed by atoms with E-state index in [1.54, 1.807) is 12.1 Å². The molecule has 0 fully saturated rings. The molecule has 1 heterocycles. The third kappa shape index (κ3) is 4.21. The van der Waals surface area contributed by atoms with Gasteiger partial charge >= 0.3 is 12.1 Å². The Morgan fingerprint density at radius 2 is 2.00 bits per heavy atom. The first kappa shape index (κ1) is 16.8. The normalized spacial score (nSPS) is 10.5. The maximum absolute atomic E-state index is 12.5. The van der Waals surface area contributed by atoms with Crippen molar-refractivity contribution >= 4 is 29.1 Å². The number of carbonyl (C=O) groups excluding carboxylic acids is 2. The van der Waals surface area contributed by atoms with Gasteiger partial charge in [0.25, 0.3) is 0 Å². The molecular formula is C16H22N4O3. The Morgan fingerprint density at radius 1 is 1.22 bits per heavy atom. The maximum atomic E-state index is 12.5. The van der Waals surface area contributed by atoms with Crippen LogP contribution < -0.4 is 10.6 Å². The summed E-state index contributed by atoms with van der Waals surface area (Å²) in [5.74, 6) is 0.143. The van der Waals surface area contributed by atoms with Gasteiger partial charge < -0.3 is 10.1 Å². The van der Waals surface area contributed by atoms with Gasteiger partial charge in [-0.15, -0.1) is 0 Å². The molecule has 0 aliphatic rings. The van der Waals surface area contributed by atoms with Crippen molar-refractivity contribution in [2.45, 2.75) is 32.6 Å². The number of hydrogen-bond acceptors (Lipinski definition) is 4. The molecule has 23 heavy (non-hydrogen) atoms. The summed E-state index contributed by atoms with van der Waals surface area (Å²) in [5.41, 5.74) is 1.25. The van der Waals surface area contributed by atoms with Crippen LogP contribution in [-0.4, -0.2) is 35.3 Å². The van der Waals surface area contributed by atoms with Crippen molar-refractivity contribution in [3.8, 4) is 0 Å². The van der Waals surface area contributed by atoms with Gasteiger partial charge in [0, 0.05) is 6.54 Å². The van der Waals surface area contributed by atoms with E-state index in [0.29, 0.717) is 17.6 Å². The molecular weight excluding hydrogens is 296 g/mol. The van der Waals surface area contributed by atoms with E-state index in [9.17, 15) is 9.59 Å². The summed E-state index contributed by atoms with van der Waals surface area (Å²) >= 11 is 0. The van der Waals surface area contributed by atoms with E-state index < -0.39 is 6.09 Å². The summed E-state index contributed by atoms with van der Waals surface area (Å²) in [7, 11) is 1.26. The van der Waals surface area contributed by atoms with E-state index in [1.165, 1.54) is 11.7 Å². The Kier molecular flexibility index (Phi) is 5.96. The van der Waals surface area contributed by atoms with Gasteiger partial charge in [-0.25, -0.2) is 19.1 Å². The largest absolute Gasteiger partial charge is 0.453 e. The standard InChI is InChI=1S/C16H22N4O3/c1-3-4-5-8-11-17-15(21)20-13-10-7-6-9-12(13)18-14(20)19-16(22)23-2/h6-7,9-10H,3-5,8,11H2,1-2H3,(H,17,21)(H,18,19,22). The van der Waals surface area contributed by atoms with Gasteiger partial charge in [0.2, 0.25) is 5.95 Å². The average molecular weight is 318 g/mol. The Hall–Kier alpha value is -2.57. The highest BCUT2D eigenvalue weighted by atomic mass is 16.5. The molecule has 0 radical (unpaired) electrons. The lowest BCUT2D eigenvalue weighted by atomic mass is 10.2. The van der Waals surface area contributed by atoms with E-state index >= 15 is 0 Å². The molecule has 0 bridgehead atoms. The zero-order valence-corrected chi connectivity index (χ0v) is 13.5. The molecule has 7 nitrogen and oxygen atoms in total. The van der Waals surface area contributed by atoms with Crippen molar-refractivity contribution in [3.63, 3.8) is 0 Å². The average Bonchev–Trinajstić information content (AvgIpc) is 2.92. The van der Waals surface area contributed by atoms with Gasteiger partial charge in [-0.2, -0.15) is 0 Å². The van der Waals surface area contributed by atoms with E-state index in [4.69, 9.17) is 0 Å². The number of fused-ring (bicyclic) bond motifs is 1. The van der Waals surface area contributed by atoms with Crippen LogP contribution in [0.3, 0.4) is 0 Å². The fourth-order valence-corrected chi connectivity index (χ4v) is 2.28. The van der Waals surface area contributed by atoms with Gasteiger partial charge in [-0.1, -0.05) is 38.3 Å². The summed E-state index contributed by atoms with van der Waals surface area (Å²) in [6, 6.07) is 6.88. The van der Waals surface area contributed by atoms with E-state index in [2.05, 4.69) is 27.3 Å². The minimum Gasteiger partial charge on any atom is -0.453 e. The first-order valence-corrected chi connectivity index (χ1v) is 7.78. The number of ether oxygens (including phenoxy) is 1. The summed E-state index contributed by atoms with van der Waals surface area (Å²) in [6.07, 6.45) is 3.63. The fourth-order valence-electron chi connectivity index (χ4n) is 2.28. The molecule has 0 unspecified atom stereocenters. The molecule has 0 aliphatic heterocycles. The van der Waals surface area contributed by atoms with Gasteiger partial charge in [0.15, 0.2) is 0 Å². The van der Waals surface area contributed by atoms with E-state index in [-0.39, 0.29) is 12.0 Å². The number of carbonyl (C=O) groups is 2. The third-order valence-corrected chi connectivity index (χ3v) is 3.47. The number of unbranched alkanes of at least 4 members (excludes halogenated alkanes) is 3. The minimum atomic E-state index is -0.669. The lowest BCUT2D eigenvalue weighted by Gasteiger charge is -2.10. The molecule has 0 saturated heterocycles. The highest BCUT2D eigenvalue weighted by Crippen LogP contribution is 2.19. The molecule has 1 aromatic carbocycles. The number of anilines is 1. The minimum absolute atomic E-state index is 0.143. The number of aromatic nitrogens is 2.